The van der Waals surface area contributed by atoms with Gasteiger partial charge in [-0.25, -0.2) is 4.79 Å². The Morgan fingerprint density at radius 3 is 2.63 bits per heavy atom. The molecule has 0 aliphatic heterocycles. The first-order chi connectivity index (χ1) is 8.78. The van der Waals surface area contributed by atoms with E-state index in [-0.39, 0.29) is 0 Å². The van der Waals surface area contributed by atoms with Crippen LogP contribution in [0, 0.1) is 0 Å². The monoisotopic (exact) mass is 267 g/mol. The number of carbonyl (C=O) groups excluding carboxylic acids is 2. The van der Waals surface area contributed by atoms with Crippen LogP contribution < -0.4 is 0 Å². The van der Waals surface area contributed by atoms with Crippen molar-refractivity contribution < 1.29 is 14.3 Å². The fraction of sp³-hybridized carbons (Fsp3) is 0.615. The average molecular weight is 267 g/mol. The third-order valence-electron chi connectivity index (χ3n) is 2.52. The highest BCUT2D eigenvalue weighted by atomic mass is 16.6. The second kappa shape index (κ2) is 5.86. The summed E-state index contributed by atoms with van der Waals surface area (Å²) in [6, 6.07) is 0.992. The summed E-state index contributed by atoms with van der Waals surface area (Å²) in [5.74, 6) is 0. The highest BCUT2D eigenvalue weighted by Crippen LogP contribution is 2.18. The largest absolute Gasteiger partial charge is 0.444 e. The maximum atomic E-state index is 11.9. The van der Waals surface area contributed by atoms with E-state index in [0.29, 0.717) is 18.5 Å². The van der Waals surface area contributed by atoms with Crippen molar-refractivity contribution in [3.05, 3.63) is 18.0 Å². The van der Waals surface area contributed by atoms with Crippen LogP contribution in [0.25, 0.3) is 0 Å². The average Bonchev–Trinajstić information content (AvgIpc) is 2.76. The predicted octanol–water partition coefficient (Wildman–Crippen LogP) is 2.01. The number of aldehydes is 1. The summed E-state index contributed by atoms with van der Waals surface area (Å²) in [7, 11) is 1.53. The number of aromatic nitrogens is 2. The Hall–Kier alpha value is -1.85. The molecule has 19 heavy (non-hydrogen) atoms. The van der Waals surface area contributed by atoms with Crippen LogP contribution in [0.3, 0.4) is 0 Å². The van der Waals surface area contributed by atoms with E-state index in [1.165, 1.54) is 11.9 Å². The zero-order valence-electron chi connectivity index (χ0n) is 12.1. The highest BCUT2D eigenvalue weighted by molar-refractivity contribution is 5.74. The molecule has 6 heteroatoms. The van der Waals surface area contributed by atoms with Crippen LogP contribution >= 0.6 is 0 Å². The molecular weight excluding hydrogens is 246 g/mol. The molecule has 0 aliphatic carbocycles. The van der Waals surface area contributed by atoms with Crippen molar-refractivity contribution in [1.29, 1.82) is 0 Å². The zero-order chi connectivity index (χ0) is 14.6. The Bertz CT molecular complexity index is 448. The van der Waals surface area contributed by atoms with Gasteiger partial charge in [-0.15, -0.1) is 0 Å². The molecular formula is C13H21N3O3. The summed E-state index contributed by atoms with van der Waals surface area (Å²) in [6.45, 7) is 7.99. The smallest absolute Gasteiger partial charge is 0.410 e. The molecule has 0 fully saturated rings. The van der Waals surface area contributed by atoms with Gasteiger partial charge in [0, 0.05) is 19.8 Å². The summed E-state index contributed by atoms with van der Waals surface area (Å²) in [4.78, 5) is 24.4. The number of ether oxygens (including phenoxy) is 1. The van der Waals surface area contributed by atoms with Crippen molar-refractivity contribution in [2.24, 2.45) is 0 Å². The molecule has 0 saturated heterocycles. The third-order valence-corrected chi connectivity index (χ3v) is 2.52. The minimum Gasteiger partial charge on any atom is -0.444 e. The quantitative estimate of drug-likeness (QED) is 0.783. The Labute approximate surface area is 113 Å². The molecule has 106 valence electrons. The molecule has 0 aromatic carbocycles. The Morgan fingerprint density at radius 1 is 1.58 bits per heavy atom. The molecule has 1 amide bonds. The predicted molar refractivity (Wildman–Crippen MR) is 70.7 cm³/mol. The van der Waals surface area contributed by atoms with E-state index in [0.717, 1.165) is 0 Å². The lowest BCUT2D eigenvalue weighted by Crippen LogP contribution is -2.37. The highest BCUT2D eigenvalue weighted by Gasteiger charge is 2.27. The number of aryl methyl sites for hydroxylation is 1. The number of hydrogen-bond acceptors (Lipinski definition) is 4. The molecule has 1 rings (SSSR count). The number of likely N-dealkylation sites (N-methyl/N-ethyl adjacent to an activating group) is 1. The summed E-state index contributed by atoms with van der Waals surface area (Å²) < 4.78 is 6.93. The number of amides is 1. The van der Waals surface area contributed by atoms with Crippen LogP contribution in [0.5, 0.6) is 0 Å². The minimum atomic E-state index is -0.734. The fourth-order valence-corrected chi connectivity index (χ4v) is 1.52. The van der Waals surface area contributed by atoms with Gasteiger partial charge in [0.05, 0.1) is 5.69 Å². The standard InChI is InChI=1S/C13H21N3O3/c1-6-16-8-7-10(14-16)11(9-17)15(5)12(18)19-13(2,3)4/h7-9,11H,6H2,1-5H3. The molecule has 1 atom stereocenters. The van der Waals surface area contributed by atoms with Crippen LogP contribution in [0.1, 0.15) is 39.4 Å². The van der Waals surface area contributed by atoms with Crippen LogP contribution in [0.15, 0.2) is 12.3 Å². The molecule has 0 radical (unpaired) electrons. The molecule has 0 bridgehead atoms. The van der Waals surface area contributed by atoms with Crippen molar-refractivity contribution in [2.45, 2.75) is 45.9 Å². The zero-order valence-corrected chi connectivity index (χ0v) is 12.1. The van der Waals surface area contributed by atoms with E-state index in [9.17, 15) is 9.59 Å². The lowest BCUT2D eigenvalue weighted by molar-refractivity contribution is -0.112. The van der Waals surface area contributed by atoms with E-state index < -0.39 is 17.7 Å². The first-order valence-electron chi connectivity index (χ1n) is 6.23. The van der Waals surface area contributed by atoms with Crippen LogP contribution in [0.4, 0.5) is 4.79 Å². The normalized spacial score (nSPS) is 12.9. The topological polar surface area (TPSA) is 64.4 Å². The number of carbonyl (C=O) groups is 2. The molecule has 1 heterocycles. The second-order valence-electron chi connectivity index (χ2n) is 5.27. The van der Waals surface area contributed by atoms with Gasteiger partial charge in [0.2, 0.25) is 0 Å². The summed E-state index contributed by atoms with van der Waals surface area (Å²) in [5.41, 5.74) is -0.0631. The summed E-state index contributed by atoms with van der Waals surface area (Å²) >= 11 is 0. The van der Waals surface area contributed by atoms with Gasteiger partial charge in [0.25, 0.3) is 0 Å². The van der Waals surface area contributed by atoms with Crippen LogP contribution in [-0.4, -0.2) is 39.7 Å². The van der Waals surface area contributed by atoms with E-state index in [4.69, 9.17) is 4.74 Å². The minimum absolute atomic E-state index is 0.533. The van der Waals surface area contributed by atoms with E-state index >= 15 is 0 Å². The molecule has 0 aliphatic rings. The van der Waals surface area contributed by atoms with Gasteiger partial charge in [-0.05, 0) is 33.8 Å². The molecule has 6 nitrogen and oxygen atoms in total. The van der Waals surface area contributed by atoms with Crippen molar-refractivity contribution >= 4 is 12.4 Å². The lowest BCUT2D eigenvalue weighted by Gasteiger charge is -2.27. The Balaban J connectivity index is 2.84. The van der Waals surface area contributed by atoms with Crippen LogP contribution in [0.2, 0.25) is 0 Å². The molecule has 1 unspecified atom stereocenters. The van der Waals surface area contributed by atoms with Crippen molar-refractivity contribution in [1.82, 2.24) is 14.7 Å². The Kier molecular flexibility index (Phi) is 4.69. The Morgan fingerprint density at radius 2 is 2.21 bits per heavy atom. The summed E-state index contributed by atoms with van der Waals surface area (Å²) in [5, 5.41) is 4.24. The molecule has 0 saturated carbocycles. The molecule has 0 spiro atoms. The first kappa shape index (κ1) is 15.2. The summed E-state index contributed by atoms with van der Waals surface area (Å²) in [6.07, 6.45) is 1.91. The van der Waals surface area contributed by atoms with Gasteiger partial charge in [-0.2, -0.15) is 5.10 Å². The molecule has 1 aromatic rings. The van der Waals surface area contributed by atoms with E-state index in [1.807, 2.05) is 6.92 Å². The van der Waals surface area contributed by atoms with Crippen LogP contribution in [-0.2, 0) is 16.1 Å². The van der Waals surface area contributed by atoms with Crippen molar-refractivity contribution in [3.8, 4) is 0 Å². The number of nitrogens with zero attached hydrogens (tertiary/aromatic N) is 3. The maximum absolute atomic E-state index is 11.9. The van der Waals surface area contributed by atoms with Gasteiger partial charge in [-0.3, -0.25) is 9.58 Å². The van der Waals surface area contributed by atoms with Crippen molar-refractivity contribution in [2.75, 3.05) is 7.05 Å². The van der Waals surface area contributed by atoms with Gasteiger partial charge in [0.15, 0.2) is 0 Å². The van der Waals surface area contributed by atoms with E-state index in [2.05, 4.69) is 5.10 Å². The molecule has 1 aromatic heterocycles. The SMILES string of the molecule is CCn1ccc(C(C=O)N(C)C(=O)OC(C)(C)C)n1. The van der Waals surface area contributed by atoms with Crippen molar-refractivity contribution in [3.63, 3.8) is 0 Å². The first-order valence-corrected chi connectivity index (χ1v) is 6.23. The maximum Gasteiger partial charge on any atom is 0.410 e. The van der Waals surface area contributed by atoms with Gasteiger partial charge >= 0.3 is 6.09 Å². The third kappa shape index (κ3) is 4.08. The number of hydrogen-bond donors (Lipinski definition) is 0. The van der Waals surface area contributed by atoms with E-state index in [1.54, 1.807) is 37.7 Å². The van der Waals surface area contributed by atoms with Gasteiger partial charge in [0.1, 0.15) is 17.9 Å². The van der Waals surface area contributed by atoms with Gasteiger partial charge < -0.3 is 9.53 Å². The number of rotatable bonds is 4. The fourth-order valence-electron chi connectivity index (χ4n) is 1.52. The second-order valence-corrected chi connectivity index (χ2v) is 5.27. The molecule has 0 N–H and O–H groups in total. The van der Waals surface area contributed by atoms with Gasteiger partial charge in [-0.1, -0.05) is 0 Å². The lowest BCUT2D eigenvalue weighted by atomic mass is 10.2.